The molecule has 7 heteroatoms. The molecule has 0 spiro atoms. The first-order valence-corrected chi connectivity index (χ1v) is 10.2. The Kier molecular flexibility index (Phi) is 9.36. The fraction of sp³-hybridized carbons (Fsp3) is 0.435. The zero-order valence-electron chi connectivity index (χ0n) is 17.4. The van der Waals surface area contributed by atoms with E-state index in [2.05, 4.69) is 23.6 Å². The van der Waals surface area contributed by atoms with Crippen molar-refractivity contribution in [2.75, 3.05) is 13.2 Å². The number of carbonyl (C=O) groups is 1. The second-order valence-electron chi connectivity index (χ2n) is 7.43. The summed E-state index contributed by atoms with van der Waals surface area (Å²) >= 11 is 0. The number of benzene rings is 2. The Hall–Kier alpha value is -2.35. The summed E-state index contributed by atoms with van der Waals surface area (Å²) in [6.45, 7) is 3.49. The predicted molar refractivity (Wildman–Crippen MR) is 112 cm³/mol. The van der Waals surface area contributed by atoms with E-state index < -0.39 is 23.8 Å². The van der Waals surface area contributed by atoms with E-state index in [9.17, 15) is 23.8 Å². The molecule has 0 aliphatic carbocycles. The fourth-order valence-corrected chi connectivity index (χ4v) is 3.48. The number of aryl methyl sites for hydroxylation is 1. The van der Waals surface area contributed by atoms with Gasteiger partial charge in [-0.05, 0) is 48.1 Å². The zero-order valence-corrected chi connectivity index (χ0v) is 17.4. The van der Waals surface area contributed by atoms with E-state index >= 15 is 0 Å². The molecule has 0 heterocycles. The minimum Gasteiger partial charge on any atom is -0.396 e. The van der Waals surface area contributed by atoms with Crippen molar-refractivity contribution in [3.8, 4) is 0 Å². The summed E-state index contributed by atoms with van der Waals surface area (Å²) in [5.41, 5.74) is 2.51. The van der Waals surface area contributed by atoms with Crippen molar-refractivity contribution >= 4 is 5.91 Å². The summed E-state index contributed by atoms with van der Waals surface area (Å²) in [5, 5.41) is 26.0. The summed E-state index contributed by atoms with van der Waals surface area (Å²) in [4.78, 5) is 11.6. The maximum atomic E-state index is 13.5. The van der Waals surface area contributed by atoms with Crippen molar-refractivity contribution in [2.45, 2.75) is 51.3 Å². The van der Waals surface area contributed by atoms with Gasteiger partial charge in [0, 0.05) is 32.2 Å². The van der Waals surface area contributed by atoms with Gasteiger partial charge in [-0.2, -0.15) is 0 Å². The van der Waals surface area contributed by atoms with Crippen molar-refractivity contribution in [3.05, 3.63) is 70.8 Å². The number of halogens is 2. The Labute approximate surface area is 176 Å². The van der Waals surface area contributed by atoms with Gasteiger partial charge < -0.3 is 20.8 Å². The van der Waals surface area contributed by atoms with E-state index in [0.717, 1.165) is 18.1 Å². The molecule has 5 nitrogen and oxygen atoms in total. The van der Waals surface area contributed by atoms with E-state index in [4.69, 9.17) is 0 Å². The van der Waals surface area contributed by atoms with Gasteiger partial charge >= 0.3 is 0 Å². The van der Waals surface area contributed by atoms with Gasteiger partial charge in [-0.15, -0.1) is 0 Å². The molecular formula is C23H30F2N2O3. The SMILES string of the molecule is CCc1cccc(C(CCO)NC[C@H](O)[C@H](Cc2cc(F)cc(F)c2)NC(C)=O)c1. The molecule has 1 amide bonds. The number of hydrogen-bond acceptors (Lipinski definition) is 4. The summed E-state index contributed by atoms with van der Waals surface area (Å²) in [5.74, 6) is -1.77. The summed E-state index contributed by atoms with van der Waals surface area (Å²) in [6, 6.07) is 10.2. The summed E-state index contributed by atoms with van der Waals surface area (Å²) in [6.07, 6.45) is 0.417. The van der Waals surface area contributed by atoms with Crippen LogP contribution in [0, 0.1) is 11.6 Å². The minimum atomic E-state index is -1.00. The monoisotopic (exact) mass is 420 g/mol. The molecule has 0 aliphatic rings. The molecule has 0 radical (unpaired) electrons. The standard InChI is InChI=1S/C23H30F2N2O3/c1-3-16-5-4-6-18(9-16)21(7-8-28)26-14-23(30)22(27-15(2)29)12-17-10-19(24)13-20(25)11-17/h4-6,9-11,13,21-23,26,28,30H,3,7-8,12,14H2,1-2H3,(H,27,29)/t21?,22-,23-/m0/s1. The van der Waals surface area contributed by atoms with E-state index in [1.807, 2.05) is 18.2 Å². The number of aliphatic hydroxyl groups is 2. The smallest absolute Gasteiger partial charge is 0.217 e. The average Bonchev–Trinajstić information content (AvgIpc) is 2.69. The Morgan fingerprint density at radius 2 is 1.80 bits per heavy atom. The number of aliphatic hydroxyl groups excluding tert-OH is 2. The number of hydrogen-bond donors (Lipinski definition) is 4. The third kappa shape index (κ3) is 7.48. The Bertz CT molecular complexity index is 812. The third-order valence-corrected chi connectivity index (χ3v) is 4.98. The summed E-state index contributed by atoms with van der Waals surface area (Å²) < 4.78 is 27.0. The van der Waals surface area contributed by atoms with Gasteiger partial charge in [-0.1, -0.05) is 31.2 Å². The highest BCUT2D eigenvalue weighted by Gasteiger charge is 2.23. The van der Waals surface area contributed by atoms with Crippen LogP contribution in [0.15, 0.2) is 42.5 Å². The van der Waals surface area contributed by atoms with Crippen molar-refractivity contribution in [1.29, 1.82) is 0 Å². The first kappa shape index (κ1) is 23.9. The van der Waals surface area contributed by atoms with Gasteiger partial charge in [-0.25, -0.2) is 8.78 Å². The lowest BCUT2D eigenvalue weighted by Gasteiger charge is -2.27. The van der Waals surface area contributed by atoms with Gasteiger partial charge in [0.1, 0.15) is 11.6 Å². The van der Waals surface area contributed by atoms with Crippen LogP contribution in [-0.2, 0) is 17.6 Å². The average molecular weight is 421 g/mol. The molecule has 0 aliphatic heterocycles. The molecule has 0 saturated heterocycles. The Morgan fingerprint density at radius 1 is 1.10 bits per heavy atom. The first-order chi connectivity index (χ1) is 14.3. The summed E-state index contributed by atoms with van der Waals surface area (Å²) in [7, 11) is 0. The molecule has 0 bridgehead atoms. The second kappa shape index (κ2) is 11.7. The quantitative estimate of drug-likeness (QED) is 0.451. The highest BCUT2D eigenvalue weighted by atomic mass is 19.1. The molecule has 164 valence electrons. The van der Waals surface area contributed by atoms with Crippen molar-refractivity contribution in [1.82, 2.24) is 10.6 Å². The number of rotatable bonds is 11. The van der Waals surface area contributed by atoms with Gasteiger partial charge in [0.25, 0.3) is 0 Å². The third-order valence-electron chi connectivity index (χ3n) is 4.98. The lowest BCUT2D eigenvalue weighted by Crippen LogP contribution is -2.48. The number of amides is 1. The van der Waals surface area contributed by atoms with Crippen LogP contribution in [0.1, 0.15) is 43.0 Å². The fourth-order valence-electron chi connectivity index (χ4n) is 3.48. The topological polar surface area (TPSA) is 81.6 Å². The van der Waals surface area contributed by atoms with Gasteiger partial charge in [0.05, 0.1) is 12.1 Å². The van der Waals surface area contributed by atoms with Crippen LogP contribution >= 0.6 is 0 Å². The van der Waals surface area contributed by atoms with Gasteiger partial charge in [0.2, 0.25) is 5.91 Å². The molecule has 2 rings (SSSR count). The van der Waals surface area contributed by atoms with E-state index in [0.29, 0.717) is 12.0 Å². The number of nitrogens with one attached hydrogen (secondary N) is 2. The normalized spacial score (nSPS) is 14.2. The molecule has 4 N–H and O–H groups in total. The molecular weight excluding hydrogens is 390 g/mol. The lowest BCUT2D eigenvalue weighted by atomic mass is 9.98. The van der Waals surface area contributed by atoms with Crippen molar-refractivity contribution in [3.63, 3.8) is 0 Å². The minimum absolute atomic E-state index is 0.0260. The van der Waals surface area contributed by atoms with Gasteiger partial charge in [-0.3, -0.25) is 4.79 Å². The van der Waals surface area contributed by atoms with Crippen LogP contribution < -0.4 is 10.6 Å². The zero-order chi connectivity index (χ0) is 22.1. The highest BCUT2D eigenvalue weighted by Crippen LogP contribution is 2.19. The van der Waals surface area contributed by atoms with Gasteiger partial charge in [0.15, 0.2) is 0 Å². The molecule has 1 unspecified atom stereocenters. The molecule has 2 aromatic carbocycles. The van der Waals surface area contributed by atoms with E-state index in [1.165, 1.54) is 24.6 Å². The van der Waals surface area contributed by atoms with Crippen LogP contribution in [0.5, 0.6) is 0 Å². The molecule has 0 saturated carbocycles. The maximum absolute atomic E-state index is 13.5. The Morgan fingerprint density at radius 3 is 2.40 bits per heavy atom. The van der Waals surface area contributed by atoms with Crippen molar-refractivity contribution in [2.24, 2.45) is 0 Å². The lowest BCUT2D eigenvalue weighted by molar-refractivity contribution is -0.120. The second-order valence-corrected chi connectivity index (χ2v) is 7.43. The van der Waals surface area contributed by atoms with E-state index in [-0.39, 0.29) is 31.5 Å². The van der Waals surface area contributed by atoms with Crippen LogP contribution in [0.25, 0.3) is 0 Å². The maximum Gasteiger partial charge on any atom is 0.217 e. The molecule has 2 aromatic rings. The Balaban J connectivity index is 2.10. The van der Waals surface area contributed by atoms with Crippen LogP contribution in [-0.4, -0.2) is 41.4 Å². The van der Waals surface area contributed by atoms with Crippen LogP contribution in [0.3, 0.4) is 0 Å². The molecule has 0 aromatic heterocycles. The molecule has 0 fully saturated rings. The molecule has 3 atom stereocenters. The van der Waals surface area contributed by atoms with Crippen LogP contribution in [0.4, 0.5) is 8.78 Å². The predicted octanol–water partition coefficient (Wildman–Crippen LogP) is 2.65. The first-order valence-electron chi connectivity index (χ1n) is 10.2. The molecule has 30 heavy (non-hydrogen) atoms. The van der Waals surface area contributed by atoms with Crippen molar-refractivity contribution < 1.29 is 23.8 Å². The number of carbonyl (C=O) groups excluding carboxylic acids is 1. The highest BCUT2D eigenvalue weighted by molar-refractivity contribution is 5.73. The van der Waals surface area contributed by atoms with Crippen LogP contribution in [0.2, 0.25) is 0 Å². The largest absolute Gasteiger partial charge is 0.396 e. The van der Waals surface area contributed by atoms with E-state index in [1.54, 1.807) is 0 Å².